The van der Waals surface area contributed by atoms with E-state index in [0.717, 1.165) is 34.2 Å². The van der Waals surface area contributed by atoms with Gasteiger partial charge in [0.25, 0.3) is 5.91 Å². The molecular formula is C24H29N3O5. The molecule has 2 N–H and O–H groups in total. The smallest absolute Gasteiger partial charge is 0.341 e. The molecule has 0 aliphatic carbocycles. The number of ether oxygens (including phenoxy) is 2. The van der Waals surface area contributed by atoms with Crippen molar-refractivity contribution in [2.75, 3.05) is 20.8 Å². The Balaban J connectivity index is 1.85. The molecule has 1 unspecified atom stereocenters. The quantitative estimate of drug-likeness (QED) is 0.409. The summed E-state index contributed by atoms with van der Waals surface area (Å²) in [5, 5.41) is 3.63. The Morgan fingerprint density at radius 1 is 1.28 bits per heavy atom. The van der Waals surface area contributed by atoms with Gasteiger partial charge in [-0.1, -0.05) is 11.6 Å². The fourth-order valence-electron chi connectivity index (χ4n) is 4.74. The number of rotatable bonds is 6. The van der Waals surface area contributed by atoms with E-state index in [-0.39, 0.29) is 12.3 Å². The van der Waals surface area contributed by atoms with Crippen molar-refractivity contribution in [2.24, 2.45) is 0 Å². The van der Waals surface area contributed by atoms with Gasteiger partial charge in [-0.05, 0) is 44.4 Å². The second kappa shape index (κ2) is 8.33. The number of nitrogens with one attached hydrogen (secondary N) is 2. The molecule has 2 aromatic rings. The Morgan fingerprint density at radius 2 is 2.06 bits per heavy atom. The molecule has 2 saturated heterocycles. The lowest BCUT2D eigenvalue weighted by Crippen LogP contribution is -2.73. The molecule has 8 nitrogen and oxygen atoms in total. The number of esters is 1. The normalized spacial score (nSPS) is 22.5. The van der Waals surface area contributed by atoms with Crippen LogP contribution in [-0.2, 0) is 32.0 Å². The van der Waals surface area contributed by atoms with E-state index in [2.05, 4.69) is 16.4 Å². The number of amides is 2. The first-order valence-electron chi connectivity index (χ1n) is 10.8. The van der Waals surface area contributed by atoms with Crippen molar-refractivity contribution in [2.45, 2.75) is 51.1 Å². The summed E-state index contributed by atoms with van der Waals surface area (Å²) in [7, 11) is 2.84. The minimum atomic E-state index is -1.79. The molecule has 32 heavy (non-hydrogen) atoms. The van der Waals surface area contributed by atoms with E-state index in [1.807, 2.05) is 32.0 Å². The maximum Gasteiger partial charge on any atom is 0.341 e. The third-order valence-electron chi connectivity index (χ3n) is 6.41. The summed E-state index contributed by atoms with van der Waals surface area (Å²) in [4.78, 5) is 44.5. The molecule has 8 heteroatoms. The highest BCUT2D eigenvalue weighted by Gasteiger charge is 2.58. The van der Waals surface area contributed by atoms with Crippen molar-refractivity contribution in [3.63, 3.8) is 0 Å². The first-order valence-corrected chi connectivity index (χ1v) is 10.8. The van der Waals surface area contributed by atoms with E-state index < -0.39 is 23.5 Å². The molecule has 0 saturated carbocycles. The van der Waals surface area contributed by atoms with Crippen LogP contribution in [0.1, 0.15) is 37.9 Å². The monoisotopic (exact) mass is 439 g/mol. The number of benzene rings is 1. The van der Waals surface area contributed by atoms with Gasteiger partial charge in [-0.25, -0.2) is 4.79 Å². The number of carbonyl (C=O) groups is 3. The first kappa shape index (κ1) is 21.9. The van der Waals surface area contributed by atoms with Crippen molar-refractivity contribution in [3.05, 3.63) is 41.1 Å². The number of methoxy groups -OCH3 is 2. The van der Waals surface area contributed by atoms with E-state index in [9.17, 15) is 14.4 Å². The zero-order chi connectivity index (χ0) is 23.0. The van der Waals surface area contributed by atoms with Crippen LogP contribution in [0, 0.1) is 0 Å². The lowest BCUT2D eigenvalue weighted by Gasteiger charge is -2.41. The zero-order valence-electron chi connectivity index (χ0n) is 18.9. The van der Waals surface area contributed by atoms with Gasteiger partial charge in [0.2, 0.25) is 11.4 Å². The maximum atomic E-state index is 13.6. The highest BCUT2D eigenvalue weighted by Crippen LogP contribution is 2.34. The van der Waals surface area contributed by atoms with Crippen LogP contribution in [0.4, 0.5) is 0 Å². The number of hydrogen-bond donors (Lipinski definition) is 2. The van der Waals surface area contributed by atoms with Gasteiger partial charge in [0, 0.05) is 42.0 Å². The van der Waals surface area contributed by atoms with Crippen molar-refractivity contribution >= 4 is 28.7 Å². The molecule has 170 valence electrons. The van der Waals surface area contributed by atoms with E-state index in [1.54, 1.807) is 7.11 Å². The van der Waals surface area contributed by atoms with Crippen molar-refractivity contribution < 1.29 is 23.9 Å². The molecular weight excluding hydrogens is 410 g/mol. The fraction of sp³-hybridized carbons (Fsp3) is 0.458. The average Bonchev–Trinajstić information content (AvgIpc) is 3.40. The number of aromatic amines is 1. The van der Waals surface area contributed by atoms with Crippen LogP contribution < -0.4 is 10.1 Å². The largest absolute Gasteiger partial charge is 0.497 e. The molecule has 1 aromatic heterocycles. The minimum Gasteiger partial charge on any atom is -0.497 e. The lowest BCUT2D eigenvalue weighted by molar-refractivity contribution is -0.166. The van der Waals surface area contributed by atoms with Crippen LogP contribution in [0.2, 0.25) is 0 Å². The summed E-state index contributed by atoms with van der Waals surface area (Å²) in [6.45, 7) is 4.49. The van der Waals surface area contributed by atoms with Gasteiger partial charge in [-0.2, -0.15) is 0 Å². The lowest BCUT2D eigenvalue weighted by atomic mass is 9.84. The van der Waals surface area contributed by atoms with E-state index in [1.165, 1.54) is 12.0 Å². The number of fused-ring (bicyclic) bond motifs is 2. The Bertz CT molecular complexity index is 1110. The number of nitrogens with zero attached hydrogens (tertiary/aromatic N) is 1. The Morgan fingerprint density at radius 3 is 2.75 bits per heavy atom. The van der Waals surface area contributed by atoms with Crippen LogP contribution in [0.15, 0.2) is 29.8 Å². The van der Waals surface area contributed by atoms with Gasteiger partial charge in [0.15, 0.2) is 0 Å². The van der Waals surface area contributed by atoms with Crippen LogP contribution in [-0.4, -0.2) is 60.0 Å². The third-order valence-corrected chi connectivity index (χ3v) is 6.41. The molecule has 4 rings (SSSR count). The fourth-order valence-corrected chi connectivity index (χ4v) is 4.74. The number of carbonyl (C=O) groups excluding carboxylic acids is 3. The van der Waals surface area contributed by atoms with Gasteiger partial charge in [0.05, 0.1) is 14.2 Å². The molecule has 2 amide bonds. The van der Waals surface area contributed by atoms with Crippen LogP contribution in [0.5, 0.6) is 5.75 Å². The zero-order valence-corrected chi connectivity index (χ0v) is 18.9. The Hall–Kier alpha value is -3.29. The maximum absolute atomic E-state index is 13.6. The SMILES string of the molecule is COC(=O)C1(Cc2c(CC=C(C)C)[nH]c3cc(OC)ccc23)NC(=O)[C@@H]2CCCN2C1=O. The standard InChI is InChI=1S/C24H29N3O5/c1-14(2)7-10-18-17(16-9-8-15(31-3)12-19(16)25-18)13-24(23(30)32-4)22(29)27-11-5-6-20(27)21(28)26-24/h7-9,12,20,25H,5-6,10-11,13H2,1-4H3,(H,26,28)/t20-,24?/m0/s1. The summed E-state index contributed by atoms with van der Waals surface area (Å²) in [5.41, 5.74) is 1.88. The number of hydrogen-bond acceptors (Lipinski definition) is 5. The molecule has 2 aliphatic rings. The minimum absolute atomic E-state index is 0.00569. The second-order valence-corrected chi connectivity index (χ2v) is 8.70. The van der Waals surface area contributed by atoms with Gasteiger partial charge in [-0.15, -0.1) is 0 Å². The van der Waals surface area contributed by atoms with Crippen molar-refractivity contribution in [3.8, 4) is 5.75 Å². The number of aromatic nitrogens is 1. The van der Waals surface area contributed by atoms with Crippen LogP contribution in [0.25, 0.3) is 10.9 Å². The molecule has 3 heterocycles. The van der Waals surface area contributed by atoms with Crippen molar-refractivity contribution in [1.29, 1.82) is 0 Å². The highest BCUT2D eigenvalue weighted by atomic mass is 16.5. The van der Waals surface area contributed by atoms with Crippen molar-refractivity contribution in [1.82, 2.24) is 15.2 Å². The molecule has 2 aliphatic heterocycles. The topological polar surface area (TPSA) is 101 Å². The molecule has 0 bridgehead atoms. The Labute approximate surface area is 186 Å². The van der Waals surface area contributed by atoms with Crippen LogP contribution >= 0.6 is 0 Å². The van der Waals surface area contributed by atoms with E-state index >= 15 is 0 Å². The summed E-state index contributed by atoms with van der Waals surface area (Å²) >= 11 is 0. The van der Waals surface area contributed by atoms with Crippen LogP contribution in [0.3, 0.4) is 0 Å². The summed E-state index contributed by atoms with van der Waals surface area (Å²) in [6.07, 6.45) is 4.02. The summed E-state index contributed by atoms with van der Waals surface area (Å²) in [6, 6.07) is 5.11. The predicted octanol–water partition coefficient (Wildman–Crippen LogP) is 2.26. The molecule has 0 spiro atoms. The van der Waals surface area contributed by atoms with Gasteiger partial charge in [-0.3, -0.25) is 9.59 Å². The second-order valence-electron chi connectivity index (χ2n) is 8.70. The average molecular weight is 440 g/mol. The summed E-state index contributed by atoms with van der Waals surface area (Å²) < 4.78 is 10.4. The third kappa shape index (κ3) is 3.53. The molecule has 2 atom stereocenters. The van der Waals surface area contributed by atoms with E-state index in [0.29, 0.717) is 25.1 Å². The summed E-state index contributed by atoms with van der Waals surface area (Å²) in [5.74, 6) is -0.761. The Kier molecular flexibility index (Phi) is 5.71. The highest BCUT2D eigenvalue weighted by molar-refractivity contribution is 6.14. The predicted molar refractivity (Wildman–Crippen MR) is 119 cm³/mol. The van der Waals surface area contributed by atoms with E-state index in [4.69, 9.17) is 9.47 Å². The number of allylic oxidation sites excluding steroid dienone is 2. The van der Waals surface area contributed by atoms with Gasteiger partial charge in [0.1, 0.15) is 11.8 Å². The molecule has 2 fully saturated rings. The molecule has 0 radical (unpaired) electrons. The van der Waals surface area contributed by atoms with Gasteiger partial charge < -0.3 is 24.7 Å². The number of H-pyrrole nitrogens is 1. The molecule has 1 aromatic carbocycles. The van der Waals surface area contributed by atoms with Gasteiger partial charge >= 0.3 is 5.97 Å². The number of piperazine rings is 1. The first-order chi connectivity index (χ1) is 15.3.